The molecule has 3 heterocycles. The molecule has 3 N–H and O–H groups in total. The van der Waals surface area contributed by atoms with Crippen LogP contribution in [0.5, 0.6) is 0 Å². The van der Waals surface area contributed by atoms with Crippen LogP contribution in [0, 0.1) is 13.8 Å². The summed E-state index contributed by atoms with van der Waals surface area (Å²) in [6.07, 6.45) is 2.05. The van der Waals surface area contributed by atoms with Crippen LogP contribution in [-0.4, -0.2) is 38.7 Å². The number of benzene rings is 1. The summed E-state index contributed by atoms with van der Waals surface area (Å²) in [5.74, 6) is 1.44. The Labute approximate surface area is 164 Å². The summed E-state index contributed by atoms with van der Waals surface area (Å²) in [5.41, 5.74) is 3.89. The van der Waals surface area contributed by atoms with E-state index < -0.39 is 0 Å². The lowest BCUT2D eigenvalue weighted by Gasteiger charge is -2.19. The van der Waals surface area contributed by atoms with Crippen LogP contribution in [0.4, 0.5) is 5.95 Å². The summed E-state index contributed by atoms with van der Waals surface area (Å²) in [6.45, 7) is 6.11. The molecule has 0 saturated carbocycles. The van der Waals surface area contributed by atoms with Crippen LogP contribution in [0.1, 0.15) is 46.2 Å². The molecule has 0 spiro atoms. The molecule has 8 heteroatoms. The van der Waals surface area contributed by atoms with E-state index in [0.29, 0.717) is 17.6 Å². The van der Waals surface area contributed by atoms with Crippen molar-refractivity contribution in [1.82, 2.24) is 25.1 Å². The molecule has 4 rings (SSSR count). The monoisotopic (exact) mass is 388 g/mol. The molecule has 2 aromatic heterocycles. The van der Waals surface area contributed by atoms with E-state index in [1.165, 1.54) is 11.1 Å². The number of rotatable bonds is 3. The summed E-state index contributed by atoms with van der Waals surface area (Å²) in [7, 11) is 1.81. The lowest BCUT2D eigenvalue weighted by Crippen LogP contribution is -2.27. The number of carbonyl (C=O) groups is 1. The van der Waals surface area contributed by atoms with Crippen LogP contribution in [0.3, 0.4) is 0 Å². The third-order valence-corrected chi connectivity index (χ3v) is 5.30. The van der Waals surface area contributed by atoms with Gasteiger partial charge >= 0.3 is 0 Å². The molecule has 1 aliphatic rings. The van der Waals surface area contributed by atoms with Crippen LogP contribution in [0.15, 0.2) is 18.2 Å². The van der Waals surface area contributed by atoms with Gasteiger partial charge in [0.25, 0.3) is 5.91 Å². The summed E-state index contributed by atoms with van der Waals surface area (Å²) in [4.78, 5) is 20.4. The average Bonchev–Trinajstić information content (AvgIpc) is 3.24. The Morgan fingerprint density at radius 3 is 2.74 bits per heavy atom. The molecule has 0 aliphatic carbocycles. The molecule has 27 heavy (non-hydrogen) atoms. The normalized spacial score (nSPS) is 14.9. The second-order valence-corrected chi connectivity index (χ2v) is 7.05. The minimum atomic E-state index is -0.203. The van der Waals surface area contributed by atoms with Crippen LogP contribution in [-0.2, 0) is 7.05 Å². The van der Waals surface area contributed by atoms with Crippen LogP contribution >= 0.6 is 12.4 Å². The fourth-order valence-electron chi connectivity index (χ4n) is 3.52. The summed E-state index contributed by atoms with van der Waals surface area (Å²) < 4.78 is 1.65. The number of halogens is 1. The molecular formula is C19H25ClN6O. The number of aromatic nitrogens is 4. The van der Waals surface area contributed by atoms with Gasteiger partial charge in [0.15, 0.2) is 5.82 Å². The first-order valence-electron chi connectivity index (χ1n) is 9.05. The number of H-pyrrole nitrogens is 1. The van der Waals surface area contributed by atoms with Gasteiger partial charge in [-0.3, -0.25) is 10.1 Å². The Bertz CT molecular complexity index is 970. The highest BCUT2D eigenvalue weighted by atomic mass is 35.5. The van der Waals surface area contributed by atoms with E-state index in [2.05, 4.69) is 45.6 Å². The van der Waals surface area contributed by atoms with Gasteiger partial charge in [0.05, 0.1) is 0 Å². The standard InChI is InChI=1S/C19H24N6O.ClH/c1-11-4-5-15-14(12(11)2)10-16(21-15)18(26)23-19-22-17(24-25(19)3)13-6-8-20-9-7-13;/h4-5,10,13,20-21H,6-9H2,1-3H3,(H,22,23,24,26);1H. The van der Waals surface area contributed by atoms with Crippen molar-refractivity contribution < 1.29 is 4.79 Å². The van der Waals surface area contributed by atoms with Gasteiger partial charge in [-0.1, -0.05) is 6.07 Å². The SMILES string of the molecule is Cc1ccc2[nH]c(C(=O)Nc3nc(C4CCNCC4)nn3C)cc2c1C.Cl. The van der Waals surface area contributed by atoms with E-state index in [9.17, 15) is 4.79 Å². The van der Waals surface area contributed by atoms with Crippen LogP contribution < -0.4 is 10.6 Å². The number of carbonyl (C=O) groups excluding carboxylic acids is 1. The lowest BCUT2D eigenvalue weighted by atomic mass is 9.98. The van der Waals surface area contributed by atoms with Gasteiger partial charge in [-0.2, -0.15) is 10.1 Å². The highest BCUT2D eigenvalue weighted by Gasteiger charge is 2.22. The van der Waals surface area contributed by atoms with Gasteiger partial charge in [0, 0.05) is 23.9 Å². The third-order valence-electron chi connectivity index (χ3n) is 5.30. The van der Waals surface area contributed by atoms with E-state index in [1.807, 2.05) is 19.2 Å². The van der Waals surface area contributed by atoms with E-state index in [1.54, 1.807) is 4.68 Å². The molecule has 1 aromatic carbocycles. The number of anilines is 1. The number of hydrogen-bond acceptors (Lipinski definition) is 4. The average molecular weight is 389 g/mol. The van der Waals surface area contributed by atoms with Crippen molar-refractivity contribution in [2.24, 2.45) is 7.05 Å². The van der Waals surface area contributed by atoms with E-state index in [-0.39, 0.29) is 18.3 Å². The van der Waals surface area contributed by atoms with Crippen molar-refractivity contribution >= 4 is 35.2 Å². The van der Waals surface area contributed by atoms with Crippen molar-refractivity contribution in [3.05, 3.63) is 40.8 Å². The van der Waals surface area contributed by atoms with Gasteiger partial charge in [0.2, 0.25) is 5.95 Å². The van der Waals surface area contributed by atoms with Crippen molar-refractivity contribution in [2.75, 3.05) is 18.4 Å². The lowest BCUT2D eigenvalue weighted by molar-refractivity contribution is 0.102. The van der Waals surface area contributed by atoms with Crippen molar-refractivity contribution in [3.63, 3.8) is 0 Å². The van der Waals surface area contributed by atoms with Crippen LogP contribution in [0.25, 0.3) is 10.9 Å². The smallest absolute Gasteiger partial charge is 0.274 e. The molecule has 144 valence electrons. The predicted molar refractivity (Wildman–Crippen MR) is 109 cm³/mol. The van der Waals surface area contributed by atoms with Gasteiger partial charge in [0.1, 0.15) is 5.69 Å². The van der Waals surface area contributed by atoms with Gasteiger partial charge < -0.3 is 10.3 Å². The van der Waals surface area contributed by atoms with E-state index in [4.69, 9.17) is 0 Å². The van der Waals surface area contributed by atoms with E-state index >= 15 is 0 Å². The number of hydrogen-bond donors (Lipinski definition) is 3. The molecule has 1 saturated heterocycles. The number of piperidine rings is 1. The Morgan fingerprint density at radius 1 is 1.26 bits per heavy atom. The van der Waals surface area contributed by atoms with Crippen molar-refractivity contribution in [1.29, 1.82) is 0 Å². The fraction of sp³-hybridized carbons (Fsp3) is 0.421. The van der Waals surface area contributed by atoms with Crippen molar-refractivity contribution in [2.45, 2.75) is 32.6 Å². The molecule has 1 amide bonds. The second-order valence-electron chi connectivity index (χ2n) is 7.05. The van der Waals surface area contributed by atoms with Gasteiger partial charge in [-0.25, -0.2) is 4.68 Å². The topological polar surface area (TPSA) is 87.6 Å². The number of nitrogens with one attached hydrogen (secondary N) is 3. The summed E-state index contributed by atoms with van der Waals surface area (Å²) in [5, 5.41) is 11.8. The number of amides is 1. The number of nitrogens with zero attached hydrogens (tertiary/aromatic N) is 3. The Hall–Kier alpha value is -2.38. The number of fused-ring (bicyclic) bond motifs is 1. The molecule has 3 aromatic rings. The highest BCUT2D eigenvalue weighted by Crippen LogP contribution is 2.25. The fourth-order valence-corrected chi connectivity index (χ4v) is 3.52. The van der Waals surface area contributed by atoms with Crippen molar-refractivity contribution in [3.8, 4) is 0 Å². The zero-order valence-electron chi connectivity index (χ0n) is 15.8. The summed E-state index contributed by atoms with van der Waals surface area (Å²) in [6, 6.07) is 5.97. The molecule has 0 radical (unpaired) electrons. The number of aromatic amines is 1. The Kier molecular flexibility index (Phi) is 5.53. The first-order valence-corrected chi connectivity index (χ1v) is 9.05. The maximum Gasteiger partial charge on any atom is 0.274 e. The minimum absolute atomic E-state index is 0. The first-order chi connectivity index (χ1) is 12.5. The molecule has 0 bridgehead atoms. The van der Waals surface area contributed by atoms with Gasteiger partial charge in [-0.15, -0.1) is 12.4 Å². The maximum atomic E-state index is 12.7. The second kappa shape index (κ2) is 7.70. The predicted octanol–water partition coefficient (Wildman–Crippen LogP) is 3.05. The Morgan fingerprint density at radius 2 is 2.00 bits per heavy atom. The molecule has 1 fully saturated rings. The zero-order chi connectivity index (χ0) is 18.3. The zero-order valence-corrected chi connectivity index (χ0v) is 16.6. The number of aryl methyl sites for hydroxylation is 3. The molecule has 7 nitrogen and oxygen atoms in total. The molecule has 0 unspecified atom stereocenters. The van der Waals surface area contributed by atoms with Gasteiger partial charge in [-0.05, 0) is 63.0 Å². The highest BCUT2D eigenvalue weighted by molar-refractivity contribution is 6.05. The van der Waals surface area contributed by atoms with E-state index in [0.717, 1.165) is 42.7 Å². The third kappa shape index (κ3) is 3.70. The maximum absolute atomic E-state index is 12.7. The molecular weight excluding hydrogens is 364 g/mol. The molecule has 0 atom stereocenters. The van der Waals surface area contributed by atoms with Crippen LogP contribution in [0.2, 0.25) is 0 Å². The quantitative estimate of drug-likeness (QED) is 0.643. The Balaban J connectivity index is 0.00000210. The minimum Gasteiger partial charge on any atom is -0.351 e. The molecule has 1 aliphatic heterocycles. The largest absolute Gasteiger partial charge is 0.351 e. The summed E-state index contributed by atoms with van der Waals surface area (Å²) >= 11 is 0. The first kappa shape index (κ1) is 19.4.